The van der Waals surface area contributed by atoms with Crippen LogP contribution in [0.3, 0.4) is 0 Å². The molecule has 5 nitrogen and oxygen atoms in total. The van der Waals surface area contributed by atoms with Crippen molar-refractivity contribution in [2.45, 2.75) is 20.0 Å². The topological polar surface area (TPSA) is 58.1 Å². The van der Waals surface area contributed by atoms with Crippen LogP contribution in [-0.2, 0) is 13.1 Å². The lowest BCUT2D eigenvalue weighted by Crippen LogP contribution is -2.22. The summed E-state index contributed by atoms with van der Waals surface area (Å²) in [5, 5.41) is 12.5. The minimum absolute atomic E-state index is 0.249. The number of nitrogens with one attached hydrogen (secondary N) is 1. The third kappa shape index (κ3) is 5.56. The highest BCUT2D eigenvalue weighted by Crippen LogP contribution is 2.18. The first-order chi connectivity index (χ1) is 13.0. The fourth-order valence-electron chi connectivity index (χ4n) is 2.49. The Morgan fingerprint density at radius 1 is 1.19 bits per heavy atom. The summed E-state index contributed by atoms with van der Waals surface area (Å²) in [5.41, 5.74) is 1.53. The SMILES string of the molecule is CCN(Cc1cccc(F)c1)Cc1nnc(C(=O)Nc2ccc(Cl)cc2)s1. The molecule has 2 aromatic carbocycles. The molecular weight excluding hydrogens is 387 g/mol. The number of hydrogen-bond donors (Lipinski definition) is 1. The minimum atomic E-state index is -0.311. The van der Waals surface area contributed by atoms with Gasteiger partial charge in [-0.05, 0) is 48.5 Å². The Bertz CT molecular complexity index is 916. The van der Waals surface area contributed by atoms with Crippen LogP contribution in [0.15, 0.2) is 48.5 Å². The molecule has 0 fully saturated rings. The number of carbonyl (C=O) groups excluding carboxylic acids is 1. The van der Waals surface area contributed by atoms with Crippen LogP contribution in [-0.4, -0.2) is 27.5 Å². The monoisotopic (exact) mass is 404 g/mol. The molecule has 1 N–H and O–H groups in total. The molecule has 0 spiro atoms. The molecule has 140 valence electrons. The first-order valence-corrected chi connectivity index (χ1v) is 9.59. The van der Waals surface area contributed by atoms with Crippen molar-refractivity contribution >= 4 is 34.5 Å². The Labute approximate surface area is 165 Å². The van der Waals surface area contributed by atoms with E-state index >= 15 is 0 Å². The Morgan fingerprint density at radius 2 is 1.96 bits per heavy atom. The lowest BCUT2D eigenvalue weighted by atomic mass is 10.2. The van der Waals surface area contributed by atoms with E-state index in [1.54, 1.807) is 30.3 Å². The number of carbonyl (C=O) groups is 1. The molecule has 0 radical (unpaired) electrons. The van der Waals surface area contributed by atoms with Crippen molar-refractivity contribution in [3.63, 3.8) is 0 Å². The number of anilines is 1. The van der Waals surface area contributed by atoms with E-state index in [0.717, 1.165) is 17.1 Å². The first-order valence-electron chi connectivity index (χ1n) is 8.39. The summed E-state index contributed by atoms with van der Waals surface area (Å²) < 4.78 is 13.4. The van der Waals surface area contributed by atoms with E-state index in [0.29, 0.717) is 28.8 Å². The summed E-state index contributed by atoms with van der Waals surface area (Å²) in [6.07, 6.45) is 0. The number of hydrogen-bond acceptors (Lipinski definition) is 5. The second kappa shape index (κ2) is 9.03. The molecule has 1 heterocycles. The van der Waals surface area contributed by atoms with Crippen LogP contribution in [0.25, 0.3) is 0 Å². The van der Waals surface area contributed by atoms with Crippen molar-refractivity contribution in [2.24, 2.45) is 0 Å². The van der Waals surface area contributed by atoms with Crippen molar-refractivity contribution in [3.8, 4) is 0 Å². The molecule has 3 rings (SSSR count). The van der Waals surface area contributed by atoms with Crippen molar-refractivity contribution in [2.75, 3.05) is 11.9 Å². The fourth-order valence-corrected chi connectivity index (χ4v) is 3.39. The fraction of sp³-hybridized carbons (Fsp3) is 0.211. The van der Waals surface area contributed by atoms with Crippen LogP contribution in [0, 0.1) is 5.82 Å². The molecular formula is C19H18ClFN4OS. The molecule has 0 saturated carbocycles. The van der Waals surface area contributed by atoms with E-state index in [9.17, 15) is 9.18 Å². The predicted octanol–water partition coefficient (Wildman–Crippen LogP) is 4.61. The van der Waals surface area contributed by atoms with Gasteiger partial charge in [-0.2, -0.15) is 0 Å². The highest BCUT2D eigenvalue weighted by Gasteiger charge is 2.15. The maximum Gasteiger partial charge on any atom is 0.286 e. The Morgan fingerprint density at radius 3 is 2.67 bits per heavy atom. The Kier molecular flexibility index (Phi) is 6.49. The Hall–Kier alpha value is -2.35. The minimum Gasteiger partial charge on any atom is -0.320 e. The number of rotatable bonds is 7. The van der Waals surface area contributed by atoms with Gasteiger partial charge in [0.2, 0.25) is 5.01 Å². The van der Waals surface area contributed by atoms with Crippen molar-refractivity contribution in [1.29, 1.82) is 0 Å². The number of aromatic nitrogens is 2. The van der Waals surface area contributed by atoms with E-state index in [-0.39, 0.29) is 11.7 Å². The largest absolute Gasteiger partial charge is 0.320 e. The molecule has 27 heavy (non-hydrogen) atoms. The van der Waals surface area contributed by atoms with Crippen LogP contribution >= 0.6 is 22.9 Å². The van der Waals surface area contributed by atoms with Gasteiger partial charge < -0.3 is 5.32 Å². The van der Waals surface area contributed by atoms with Gasteiger partial charge in [-0.25, -0.2) is 4.39 Å². The van der Waals surface area contributed by atoms with Gasteiger partial charge >= 0.3 is 0 Å². The number of benzene rings is 2. The van der Waals surface area contributed by atoms with Gasteiger partial charge in [0, 0.05) is 17.3 Å². The second-order valence-electron chi connectivity index (χ2n) is 5.90. The Balaban J connectivity index is 1.61. The van der Waals surface area contributed by atoms with Gasteiger partial charge in [0.05, 0.1) is 6.54 Å². The average molecular weight is 405 g/mol. The van der Waals surface area contributed by atoms with Gasteiger partial charge in [0.1, 0.15) is 10.8 Å². The van der Waals surface area contributed by atoms with Gasteiger partial charge in [-0.3, -0.25) is 9.69 Å². The first kappa shape index (κ1) is 19.4. The third-order valence-corrected chi connectivity index (χ3v) is 5.02. The smallest absolute Gasteiger partial charge is 0.286 e. The quantitative estimate of drug-likeness (QED) is 0.625. The summed E-state index contributed by atoms with van der Waals surface area (Å²) >= 11 is 7.08. The van der Waals surface area contributed by atoms with Gasteiger partial charge in [-0.15, -0.1) is 10.2 Å². The molecule has 0 atom stereocenters. The van der Waals surface area contributed by atoms with Crippen LogP contribution in [0.2, 0.25) is 5.02 Å². The van der Waals surface area contributed by atoms with E-state index in [1.807, 2.05) is 13.0 Å². The predicted molar refractivity (Wildman–Crippen MR) is 106 cm³/mol. The lowest BCUT2D eigenvalue weighted by Gasteiger charge is -2.18. The zero-order valence-corrected chi connectivity index (χ0v) is 16.2. The summed E-state index contributed by atoms with van der Waals surface area (Å²) in [6, 6.07) is 13.4. The maximum absolute atomic E-state index is 13.4. The summed E-state index contributed by atoms with van der Waals surface area (Å²) in [5.74, 6) is -0.560. The molecule has 0 unspecified atom stereocenters. The van der Waals surface area contributed by atoms with Crippen molar-refractivity contribution < 1.29 is 9.18 Å². The van der Waals surface area contributed by atoms with Crippen molar-refractivity contribution in [1.82, 2.24) is 15.1 Å². The molecule has 8 heteroatoms. The standard InChI is InChI=1S/C19H18ClFN4OS/c1-2-25(11-13-4-3-5-15(21)10-13)12-17-23-24-19(27-17)18(26)22-16-8-6-14(20)7-9-16/h3-10H,2,11-12H2,1H3,(H,22,26). The lowest BCUT2D eigenvalue weighted by molar-refractivity contribution is 0.102. The highest BCUT2D eigenvalue weighted by molar-refractivity contribution is 7.13. The number of amides is 1. The van der Waals surface area contributed by atoms with E-state index in [4.69, 9.17) is 11.6 Å². The molecule has 0 aliphatic heterocycles. The third-order valence-electron chi connectivity index (χ3n) is 3.86. The summed E-state index contributed by atoms with van der Waals surface area (Å²) in [6.45, 7) is 3.93. The zero-order valence-electron chi connectivity index (χ0n) is 14.7. The highest BCUT2D eigenvalue weighted by atomic mass is 35.5. The van der Waals surface area contributed by atoms with Gasteiger partial charge in [0.15, 0.2) is 0 Å². The van der Waals surface area contributed by atoms with Crippen molar-refractivity contribution in [3.05, 3.63) is 74.9 Å². The molecule has 0 bridgehead atoms. The molecule has 0 saturated heterocycles. The van der Waals surface area contributed by atoms with Crippen LogP contribution in [0.1, 0.15) is 27.3 Å². The van der Waals surface area contributed by atoms with E-state index in [1.165, 1.54) is 23.5 Å². The normalized spacial score (nSPS) is 11.0. The maximum atomic E-state index is 13.4. The van der Waals surface area contributed by atoms with Crippen LogP contribution in [0.5, 0.6) is 0 Å². The summed E-state index contributed by atoms with van der Waals surface area (Å²) in [7, 11) is 0. The average Bonchev–Trinajstić information content (AvgIpc) is 3.12. The molecule has 3 aromatic rings. The van der Waals surface area contributed by atoms with E-state index < -0.39 is 0 Å². The molecule has 1 aromatic heterocycles. The van der Waals surface area contributed by atoms with Crippen LogP contribution in [0.4, 0.5) is 10.1 Å². The summed E-state index contributed by atoms with van der Waals surface area (Å²) in [4.78, 5) is 14.4. The molecule has 1 amide bonds. The number of nitrogens with zero attached hydrogens (tertiary/aromatic N) is 3. The molecule has 0 aliphatic carbocycles. The second-order valence-corrected chi connectivity index (χ2v) is 7.39. The van der Waals surface area contributed by atoms with E-state index in [2.05, 4.69) is 20.4 Å². The molecule has 0 aliphatic rings. The van der Waals surface area contributed by atoms with Gasteiger partial charge in [0.25, 0.3) is 5.91 Å². The van der Waals surface area contributed by atoms with Crippen LogP contribution < -0.4 is 5.32 Å². The van der Waals surface area contributed by atoms with Gasteiger partial charge in [-0.1, -0.05) is 42.0 Å². The zero-order chi connectivity index (χ0) is 19.2. The number of halogens is 2.